The molecule has 0 fully saturated rings. The second-order valence-electron chi connectivity index (χ2n) is 4.58. The number of benzene rings is 2. The first-order chi connectivity index (χ1) is 9.28. The van der Waals surface area contributed by atoms with E-state index in [9.17, 15) is 0 Å². The monoisotopic (exact) mass is 272 g/mol. The van der Waals surface area contributed by atoms with E-state index in [1.807, 2.05) is 42.1 Å². The molecule has 1 atom stereocenters. The van der Waals surface area contributed by atoms with Gasteiger partial charge in [0.25, 0.3) is 0 Å². The standard InChI is InChI=1S/C17H20OS/c1-3-14(2)19-17-11-9-16(10-12-17)18-13-15-7-5-4-6-8-15/h4-12,14H,3,13H2,1-2H3. The van der Waals surface area contributed by atoms with Crippen LogP contribution in [0, 0.1) is 0 Å². The molecule has 2 heteroatoms. The summed E-state index contributed by atoms with van der Waals surface area (Å²) < 4.78 is 5.77. The Morgan fingerprint density at radius 2 is 1.68 bits per heavy atom. The van der Waals surface area contributed by atoms with Crippen molar-refractivity contribution in [3.8, 4) is 5.75 Å². The summed E-state index contributed by atoms with van der Waals surface area (Å²) in [4.78, 5) is 1.31. The maximum Gasteiger partial charge on any atom is 0.119 e. The SMILES string of the molecule is CCC(C)Sc1ccc(OCc2ccccc2)cc1. The van der Waals surface area contributed by atoms with Gasteiger partial charge in [-0.1, -0.05) is 44.2 Å². The van der Waals surface area contributed by atoms with Gasteiger partial charge in [0.15, 0.2) is 0 Å². The summed E-state index contributed by atoms with van der Waals surface area (Å²) in [5.41, 5.74) is 1.19. The number of hydrogen-bond donors (Lipinski definition) is 0. The average molecular weight is 272 g/mol. The maximum absolute atomic E-state index is 5.77. The normalized spacial score (nSPS) is 12.1. The molecule has 1 nitrogen and oxygen atoms in total. The van der Waals surface area contributed by atoms with Crippen molar-refractivity contribution in [2.75, 3.05) is 0 Å². The first-order valence-electron chi connectivity index (χ1n) is 6.71. The van der Waals surface area contributed by atoms with Crippen molar-refractivity contribution >= 4 is 11.8 Å². The molecule has 0 radical (unpaired) electrons. The highest BCUT2D eigenvalue weighted by atomic mass is 32.2. The fourth-order valence-electron chi connectivity index (χ4n) is 1.67. The minimum atomic E-state index is 0.624. The zero-order valence-corrected chi connectivity index (χ0v) is 12.3. The van der Waals surface area contributed by atoms with E-state index in [-0.39, 0.29) is 0 Å². The van der Waals surface area contributed by atoms with E-state index in [1.165, 1.54) is 16.9 Å². The van der Waals surface area contributed by atoms with Crippen LogP contribution in [0.3, 0.4) is 0 Å². The van der Waals surface area contributed by atoms with Crippen LogP contribution in [-0.2, 0) is 6.61 Å². The van der Waals surface area contributed by atoms with Gasteiger partial charge in [0.1, 0.15) is 12.4 Å². The summed E-state index contributed by atoms with van der Waals surface area (Å²) in [6.07, 6.45) is 1.19. The van der Waals surface area contributed by atoms with Gasteiger partial charge in [0, 0.05) is 10.1 Å². The number of rotatable bonds is 6. The average Bonchev–Trinajstić information content (AvgIpc) is 2.47. The van der Waals surface area contributed by atoms with Crippen molar-refractivity contribution in [3.63, 3.8) is 0 Å². The molecule has 0 aliphatic heterocycles. The Hall–Kier alpha value is -1.41. The Morgan fingerprint density at radius 3 is 2.32 bits per heavy atom. The molecule has 100 valence electrons. The van der Waals surface area contributed by atoms with E-state index < -0.39 is 0 Å². The largest absolute Gasteiger partial charge is 0.489 e. The fourth-order valence-corrected chi connectivity index (χ4v) is 2.60. The molecule has 0 spiro atoms. The van der Waals surface area contributed by atoms with Gasteiger partial charge >= 0.3 is 0 Å². The molecule has 2 rings (SSSR count). The second kappa shape index (κ2) is 7.25. The number of thioether (sulfide) groups is 1. The lowest BCUT2D eigenvalue weighted by Gasteiger charge is -2.10. The Bertz CT molecular complexity index is 478. The van der Waals surface area contributed by atoms with E-state index in [0.717, 1.165) is 5.75 Å². The third-order valence-electron chi connectivity index (χ3n) is 2.98. The van der Waals surface area contributed by atoms with Crippen LogP contribution in [0.15, 0.2) is 59.5 Å². The van der Waals surface area contributed by atoms with Crippen molar-refractivity contribution in [1.82, 2.24) is 0 Å². The number of hydrogen-bond acceptors (Lipinski definition) is 2. The van der Waals surface area contributed by atoms with Gasteiger partial charge < -0.3 is 4.74 Å². The summed E-state index contributed by atoms with van der Waals surface area (Å²) in [5.74, 6) is 0.928. The predicted octanol–water partition coefficient (Wildman–Crippen LogP) is 5.16. The highest BCUT2D eigenvalue weighted by Crippen LogP contribution is 2.26. The van der Waals surface area contributed by atoms with Gasteiger partial charge in [-0.2, -0.15) is 0 Å². The second-order valence-corrected chi connectivity index (χ2v) is 6.09. The van der Waals surface area contributed by atoms with Gasteiger partial charge in [-0.05, 0) is 36.2 Å². The highest BCUT2D eigenvalue weighted by molar-refractivity contribution is 7.99. The van der Waals surface area contributed by atoms with Crippen LogP contribution < -0.4 is 4.74 Å². The van der Waals surface area contributed by atoms with E-state index in [0.29, 0.717) is 11.9 Å². The van der Waals surface area contributed by atoms with E-state index in [1.54, 1.807) is 0 Å². The Morgan fingerprint density at radius 1 is 1.00 bits per heavy atom. The molecule has 0 heterocycles. The van der Waals surface area contributed by atoms with Crippen molar-refractivity contribution < 1.29 is 4.74 Å². The molecule has 2 aromatic rings. The predicted molar refractivity (Wildman–Crippen MR) is 82.8 cm³/mol. The van der Waals surface area contributed by atoms with Crippen LogP contribution in [0.1, 0.15) is 25.8 Å². The molecular weight excluding hydrogens is 252 g/mol. The van der Waals surface area contributed by atoms with Crippen LogP contribution in [-0.4, -0.2) is 5.25 Å². The fraction of sp³-hybridized carbons (Fsp3) is 0.294. The lowest BCUT2D eigenvalue weighted by atomic mass is 10.2. The van der Waals surface area contributed by atoms with Crippen LogP contribution in [0.2, 0.25) is 0 Å². The first-order valence-corrected chi connectivity index (χ1v) is 7.59. The van der Waals surface area contributed by atoms with Crippen LogP contribution in [0.25, 0.3) is 0 Å². The Kier molecular flexibility index (Phi) is 5.34. The molecule has 0 amide bonds. The molecule has 0 aliphatic carbocycles. The quantitative estimate of drug-likeness (QED) is 0.672. The third-order valence-corrected chi connectivity index (χ3v) is 4.26. The molecule has 0 N–H and O–H groups in total. The van der Waals surface area contributed by atoms with Crippen LogP contribution >= 0.6 is 11.8 Å². The van der Waals surface area contributed by atoms with Gasteiger partial charge in [0.05, 0.1) is 0 Å². The van der Waals surface area contributed by atoms with E-state index in [4.69, 9.17) is 4.74 Å². The van der Waals surface area contributed by atoms with Crippen LogP contribution in [0.5, 0.6) is 5.75 Å². The summed E-state index contributed by atoms with van der Waals surface area (Å²) in [7, 11) is 0. The van der Waals surface area contributed by atoms with E-state index in [2.05, 4.69) is 38.1 Å². The maximum atomic E-state index is 5.77. The Balaban J connectivity index is 1.88. The van der Waals surface area contributed by atoms with Crippen molar-refractivity contribution in [2.24, 2.45) is 0 Å². The summed E-state index contributed by atoms with van der Waals surface area (Å²) in [6.45, 7) is 5.10. The lowest BCUT2D eigenvalue weighted by molar-refractivity contribution is 0.306. The van der Waals surface area contributed by atoms with Gasteiger partial charge in [-0.3, -0.25) is 0 Å². The minimum absolute atomic E-state index is 0.624. The molecule has 0 saturated carbocycles. The number of ether oxygens (including phenoxy) is 1. The first kappa shape index (κ1) is 14.0. The summed E-state index contributed by atoms with van der Waals surface area (Å²) >= 11 is 1.91. The zero-order chi connectivity index (χ0) is 13.5. The summed E-state index contributed by atoms with van der Waals surface area (Å²) in [6, 6.07) is 18.6. The molecule has 0 bridgehead atoms. The molecule has 1 unspecified atom stereocenters. The smallest absolute Gasteiger partial charge is 0.119 e. The summed E-state index contributed by atoms with van der Waals surface area (Å²) in [5, 5.41) is 0.663. The highest BCUT2D eigenvalue weighted by Gasteiger charge is 2.02. The van der Waals surface area contributed by atoms with Crippen molar-refractivity contribution in [1.29, 1.82) is 0 Å². The molecule has 0 saturated heterocycles. The Labute approximate surface area is 120 Å². The molecule has 2 aromatic carbocycles. The topological polar surface area (TPSA) is 9.23 Å². The van der Waals surface area contributed by atoms with Crippen LogP contribution in [0.4, 0.5) is 0 Å². The van der Waals surface area contributed by atoms with Gasteiger partial charge in [0.2, 0.25) is 0 Å². The lowest BCUT2D eigenvalue weighted by Crippen LogP contribution is -1.95. The minimum Gasteiger partial charge on any atom is -0.489 e. The molecule has 19 heavy (non-hydrogen) atoms. The van der Waals surface area contributed by atoms with Crippen molar-refractivity contribution in [3.05, 3.63) is 60.2 Å². The molecule has 0 aliphatic rings. The molecular formula is C17H20OS. The van der Waals surface area contributed by atoms with Gasteiger partial charge in [-0.15, -0.1) is 11.8 Å². The third kappa shape index (κ3) is 4.64. The molecule has 0 aromatic heterocycles. The zero-order valence-electron chi connectivity index (χ0n) is 11.5. The van der Waals surface area contributed by atoms with Gasteiger partial charge in [-0.25, -0.2) is 0 Å². The van der Waals surface area contributed by atoms with Crippen molar-refractivity contribution in [2.45, 2.75) is 37.0 Å². The van der Waals surface area contributed by atoms with E-state index >= 15 is 0 Å².